The van der Waals surface area contributed by atoms with Crippen LogP contribution in [0.2, 0.25) is 10.0 Å². The Kier molecular flexibility index (Phi) is 2.69. The van der Waals surface area contributed by atoms with E-state index in [1.807, 2.05) is 0 Å². The molecule has 1 unspecified atom stereocenters. The van der Waals surface area contributed by atoms with Gasteiger partial charge >= 0.3 is 0 Å². The van der Waals surface area contributed by atoms with Crippen molar-refractivity contribution in [2.75, 3.05) is 0 Å². The Morgan fingerprint density at radius 3 is 2.43 bits per heavy atom. The second-order valence-corrected chi connectivity index (χ2v) is 4.35. The molecule has 76 valence electrons. The second-order valence-electron chi connectivity index (χ2n) is 3.54. The summed E-state index contributed by atoms with van der Waals surface area (Å²) < 4.78 is 13.5. The largest absolute Gasteiger partial charge is 0.388 e. The Hall–Kier alpha value is -0.310. The van der Waals surface area contributed by atoms with Gasteiger partial charge in [0, 0.05) is 10.6 Å². The predicted molar refractivity (Wildman–Crippen MR) is 54.1 cm³/mol. The summed E-state index contributed by atoms with van der Waals surface area (Å²) in [4.78, 5) is 0. The van der Waals surface area contributed by atoms with E-state index >= 15 is 0 Å². The van der Waals surface area contributed by atoms with E-state index in [4.69, 9.17) is 23.2 Å². The average Bonchev–Trinajstić information content (AvgIpc) is 2.95. The van der Waals surface area contributed by atoms with E-state index in [0.717, 1.165) is 12.8 Å². The first-order chi connectivity index (χ1) is 6.61. The first-order valence-corrected chi connectivity index (χ1v) is 5.18. The van der Waals surface area contributed by atoms with Crippen LogP contribution in [-0.4, -0.2) is 5.11 Å². The van der Waals surface area contributed by atoms with Crippen LogP contribution in [0, 0.1) is 11.7 Å². The van der Waals surface area contributed by atoms with Gasteiger partial charge in [-0.05, 0) is 30.9 Å². The van der Waals surface area contributed by atoms with E-state index in [2.05, 4.69) is 0 Å². The van der Waals surface area contributed by atoms with Crippen molar-refractivity contribution in [3.8, 4) is 0 Å². The fraction of sp³-hybridized carbons (Fsp3) is 0.400. The van der Waals surface area contributed by atoms with Gasteiger partial charge < -0.3 is 5.11 Å². The van der Waals surface area contributed by atoms with E-state index in [9.17, 15) is 9.50 Å². The molecule has 14 heavy (non-hydrogen) atoms. The summed E-state index contributed by atoms with van der Waals surface area (Å²) in [6, 6.07) is 2.90. The Balaban J connectivity index is 2.43. The fourth-order valence-corrected chi connectivity index (χ4v) is 1.88. The minimum Gasteiger partial charge on any atom is -0.388 e. The smallest absolute Gasteiger partial charge is 0.149 e. The zero-order valence-corrected chi connectivity index (χ0v) is 8.82. The average molecular weight is 235 g/mol. The molecule has 1 aromatic carbocycles. The number of hydrogen-bond donors (Lipinski definition) is 1. The monoisotopic (exact) mass is 234 g/mol. The molecule has 1 nitrogen and oxygen atoms in total. The maximum absolute atomic E-state index is 13.5. The zero-order valence-electron chi connectivity index (χ0n) is 7.30. The minimum atomic E-state index is -0.818. The van der Waals surface area contributed by atoms with Crippen molar-refractivity contribution in [1.29, 1.82) is 0 Å². The molecule has 0 radical (unpaired) electrons. The van der Waals surface area contributed by atoms with Crippen molar-refractivity contribution in [3.63, 3.8) is 0 Å². The molecule has 0 aliphatic heterocycles. The third kappa shape index (κ3) is 1.74. The Bertz CT molecular complexity index is 363. The molecule has 0 spiro atoms. The summed E-state index contributed by atoms with van der Waals surface area (Å²) in [5, 5.41) is 10.0. The van der Waals surface area contributed by atoms with Crippen molar-refractivity contribution in [1.82, 2.24) is 0 Å². The summed E-state index contributed by atoms with van der Waals surface area (Å²) in [5.41, 5.74) is 0.140. The highest BCUT2D eigenvalue weighted by molar-refractivity contribution is 6.33. The quantitative estimate of drug-likeness (QED) is 0.776. The number of aliphatic hydroxyl groups excluding tert-OH is 1. The fourth-order valence-electron chi connectivity index (χ4n) is 1.46. The molecule has 1 aromatic rings. The molecule has 0 bridgehead atoms. The molecule has 1 N–H and O–H groups in total. The van der Waals surface area contributed by atoms with Gasteiger partial charge in [0.05, 0.1) is 11.1 Å². The maximum Gasteiger partial charge on any atom is 0.149 e. The van der Waals surface area contributed by atoms with Gasteiger partial charge in [-0.3, -0.25) is 0 Å². The lowest BCUT2D eigenvalue weighted by Gasteiger charge is -2.13. The predicted octanol–water partition coefficient (Wildman–Crippen LogP) is 3.58. The zero-order chi connectivity index (χ0) is 10.3. The van der Waals surface area contributed by atoms with Crippen molar-refractivity contribution < 1.29 is 9.50 Å². The molecule has 1 saturated carbocycles. The van der Waals surface area contributed by atoms with Crippen LogP contribution in [0.4, 0.5) is 4.39 Å². The molecule has 1 aliphatic carbocycles. The number of benzene rings is 1. The third-order valence-electron chi connectivity index (χ3n) is 2.44. The molecule has 0 heterocycles. The summed E-state index contributed by atoms with van der Waals surface area (Å²) in [6.45, 7) is 0. The molecule has 0 saturated heterocycles. The molecule has 1 fully saturated rings. The molecular formula is C10H9Cl2FO. The lowest BCUT2D eigenvalue weighted by Crippen LogP contribution is -2.04. The van der Waals surface area contributed by atoms with Gasteiger partial charge in [-0.1, -0.05) is 23.2 Å². The van der Waals surface area contributed by atoms with E-state index in [1.165, 1.54) is 12.1 Å². The van der Waals surface area contributed by atoms with Gasteiger partial charge in [-0.2, -0.15) is 0 Å². The standard InChI is InChI=1S/C10H9Cl2FO/c11-6-3-4-7(12)9(13)8(6)10(14)5-1-2-5/h3-5,10,14H,1-2H2. The van der Waals surface area contributed by atoms with Crippen LogP contribution in [0.3, 0.4) is 0 Å². The van der Waals surface area contributed by atoms with Crippen LogP contribution >= 0.6 is 23.2 Å². The second kappa shape index (κ2) is 3.69. The van der Waals surface area contributed by atoms with Gasteiger partial charge in [-0.25, -0.2) is 4.39 Å². The lowest BCUT2D eigenvalue weighted by molar-refractivity contribution is 0.149. The van der Waals surface area contributed by atoms with Gasteiger partial charge in [0.2, 0.25) is 0 Å². The molecular weight excluding hydrogens is 226 g/mol. The van der Waals surface area contributed by atoms with E-state index in [-0.39, 0.29) is 21.5 Å². The number of aliphatic hydroxyl groups is 1. The van der Waals surface area contributed by atoms with Crippen LogP contribution < -0.4 is 0 Å². The summed E-state index contributed by atoms with van der Waals surface area (Å²) in [7, 11) is 0. The van der Waals surface area contributed by atoms with E-state index in [1.54, 1.807) is 0 Å². The molecule has 0 amide bonds. The lowest BCUT2D eigenvalue weighted by atomic mass is 10.0. The van der Waals surface area contributed by atoms with E-state index in [0.29, 0.717) is 0 Å². The molecule has 0 aromatic heterocycles. The highest BCUT2D eigenvalue weighted by Crippen LogP contribution is 2.44. The van der Waals surface area contributed by atoms with Gasteiger partial charge in [-0.15, -0.1) is 0 Å². The Morgan fingerprint density at radius 1 is 1.29 bits per heavy atom. The van der Waals surface area contributed by atoms with Crippen LogP contribution in [0.25, 0.3) is 0 Å². The molecule has 2 rings (SSSR count). The number of rotatable bonds is 2. The summed E-state index contributed by atoms with van der Waals surface area (Å²) in [6.07, 6.45) is 1.02. The highest BCUT2D eigenvalue weighted by atomic mass is 35.5. The molecule has 4 heteroatoms. The SMILES string of the molecule is OC(c1c(Cl)ccc(Cl)c1F)C1CC1. The van der Waals surface area contributed by atoms with Gasteiger partial charge in [0.15, 0.2) is 0 Å². The Morgan fingerprint density at radius 2 is 1.86 bits per heavy atom. The normalized spacial score (nSPS) is 18.3. The topological polar surface area (TPSA) is 20.2 Å². The van der Waals surface area contributed by atoms with Crippen molar-refractivity contribution >= 4 is 23.2 Å². The van der Waals surface area contributed by atoms with Crippen molar-refractivity contribution in [2.24, 2.45) is 5.92 Å². The van der Waals surface area contributed by atoms with Crippen molar-refractivity contribution in [3.05, 3.63) is 33.6 Å². The first kappa shape index (κ1) is 10.2. The third-order valence-corrected chi connectivity index (χ3v) is 3.07. The highest BCUT2D eigenvalue weighted by Gasteiger charge is 2.34. The number of hydrogen-bond acceptors (Lipinski definition) is 1. The van der Waals surface area contributed by atoms with Crippen LogP contribution in [0.15, 0.2) is 12.1 Å². The van der Waals surface area contributed by atoms with Crippen LogP contribution in [0.5, 0.6) is 0 Å². The summed E-state index contributed by atoms with van der Waals surface area (Å²) >= 11 is 11.4. The Labute approximate surface area is 91.5 Å². The van der Waals surface area contributed by atoms with Crippen LogP contribution in [-0.2, 0) is 0 Å². The van der Waals surface area contributed by atoms with Gasteiger partial charge in [0.1, 0.15) is 5.82 Å². The maximum atomic E-state index is 13.5. The van der Waals surface area contributed by atoms with E-state index < -0.39 is 11.9 Å². The van der Waals surface area contributed by atoms with Crippen molar-refractivity contribution in [2.45, 2.75) is 18.9 Å². The van der Waals surface area contributed by atoms with Gasteiger partial charge in [0.25, 0.3) is 0 Å². The number of halogens is 3. The van der Waals surface area contributed by atoms with Crippen LogP contribution in [0.1, 0.15) is 24.5 Å². The minimum absolute atomic E-state index is 0.00380. The first-order valence-electron chi connectivity index (χ1n) is 4.42. The molecule has 1 aliphatic rings. The summed E-state index contributed by atoms with van der Waals surface area (Å²) in [5.74, 6) is -0.459. The molecule has 1 atom stereocenters.